The molecule has 0 aliphatic carbocycles. The second-order valence-corrected chi connectivity index (χ2v) is 6.40. The van der Waals surface area contributed by atoms with Gasteiger partial charge in [-0.05, 0) is 24.3 Å². The molecule has 0 amide bonds. The molecule has 2 N–H and O–H groups in total. The molecule has 2 rings (SSSR count). The Morgan fingerprint density at radius 1 is 1.20 bits per heavy atom. The maximum atomic E-state index is 12.6. The summed E-state index contributed by atoms with van der Waals surface area (Å²) >= 11 is 4.85. The van der Waals surface area contributed by atoms with Crippen LogP contribution in [0.4, 0.5) is 5.69 Å². The molecule has 0 aliphatic rings. The molecular formula is C13H13N3O2S2. The Labute approximate surface area is 123 Å². The first-order valence-electron chi connectivity index (χ1n) is 5.73. The summed E-state index contributed by atoms with van der Waals surface area (Å²) in [6.07, 6.45) is 1.45. The van der Waals surface area contributed by atoms with Gasteiger partial charge in [0.15, 0.2) is 0 Å². The predicted octanol–water partition coefficient (Wildman–Crippen LogP) is 1.54. The fourth-order valence-corrected chi connectivity index (χ4v) is 3.29. The Morgan fingerprint density at radius 2 is 1.85 bits per heavy atom. The highest BCUT2D eigenvalue weighted by molar-refractivity contribution is 7.93. The number of benzene rings is 1. The third-order valence-electron chi connectivity index (χ3n) is 2.76. The SMILES string of the molecule is CN(c1ccccc1)S(=O)(=O)c1cccnc1C(N)=S. The van der Waals surface area contributed by atoms with E-state index in [1.807, 2.05) is 6.07 Å². The summed E-state index contributed by atoms with van der Waals surface area (Å²) < 4.78 is 26.4. The molecule has 0 bridgehead atoms. The molecule has 0 fully saturated rings. The van der Waals surface area contributed by atoms with Crippen LogP contribution in [0.3, 0.4) is 0 Å². The lowest BCUT2D eigenvalue weighted by atomic mass is 10.3. The van der Waals surface area contributed by atoms with Crippen molar-refractivity contribution < 1.29 is 8.42 Å². The summed E-state index contributed by atoms with van der Waals surface area (Å²) in [6, 6.07) is 11.7. The van der Waals surface area contributed by atoms with Crippen molar-refractivity contribution in [2.45, 2.75) is 4.90 Å². The number of nitrogens with two attached hydrogens (primary N) is 1. The minimum atomic E-state index is -3.76. The van der Waals surface area contributed by atoms with Gasteiger partial charge in [0.1, 0.15) is 15.6 Å². The predicted molar refractivity (Wildman–Crippen MR) is 82.2 cm³/mol. The summed E-state index contributed by atoms with van der Waals surface area (Å²) in [6.45, 7) is 0. The van der Waals surface area contributed by atoms with Crippen LogP contribution in [-0.4, -0.2) is 25.4 Å². The highest BCUT2D eigenvalue weighted by atomic mass is 32.2. The van der Waals surface area contributed by atoms with Crippen molar-refractivity contribution in [2.24, 2.45) is 5.73 Å². The Hall–Kier alpha value is -1.99. The fourth-order valence-electron chi connectivity index (χ4n) is 1.71. The molecule has 2 aromatic rings. The van der Waals surface area contributed by atoms with Gasteiger partial charge in [-0.25, -0.2) is 8.42 Å². The number of rotatable bonds is 4. The molecule has 0 radical (unpaired) electrons. The van der Waals surface area contributed by atoms with E-state index in [1.54, 1.807) is 24.3 Å². The molecule has 1 aromatic carbocycles. The zero-order valence-corrected chi connectivity index (χ0v) is 12.4. The van der Waals surface area contributed by atoms with Gasteiger partial charge in [-0.2, -0.15) is 0 Å². The number of sulfonamides is 1. The molecule has 20 heavy (non-hydrogen) atoms. The maximum absolute atomic E-state index is 12.6. The highest BCUT2D eigenvalue weighted by Gasteiger charge is 2.25. The molecule has 0 saturated carbocycles. The van der Waals surface area contributed by atoms with Gasteiger partial charge >= 0.3 is 0 Å². The van der Waals surface area contributed by atoms with Gasteiger partial charge in [0.2, 0.25) is 0 Å². The molecule has 0 aliphatic heterocycles. The Bertz CT molecular complexity index is 730. The monoisotopic (exact) mass is 307 g/mol. The molecular weight excluding hydrogens is 294 g/mol. The number of pyridine rings is 1. The summed E-state index contributed by atoms with van der Waals surface area (Å²) in [5.41, 5.74) is 6.18. The Balaban J connectivity index is 2.54. The van der Waals surface area contributed by atoms with Gasteiger partial charge in [0, 0.05) is 13.2 Å². The van der Waals surface area contributed by atoms with E-state index in [0.717, 1.165) is 0 Å². The van der Waals surface area contributed by atoms with E-state index >= 15 is 0 Å². The smallest absolute Gasteiger partial charge is 0.266 e. The molecule has 0 unspecified atom stereocenters. The van der Waals surface area contributed by atoms with E-state index in [-0.39, 0.29) is 15.6 Å². The minimum Gasteiger partial charge on any atom is -0.388 e. The van der Waals surface area contributed by atoms with Crippen molar-refractivity contribution in [3.63, 3.8) is 0 Å². The first-order valence-corrected chi connectivity index (χ1v) is 7.58. The van der Waals surface area contributed by atoms with Gasteiger partial charge in [-0.15, -0.1) is 0 Å². The van der Waals surface area contributed by atoms with Gasteiger partial charge < -0.3 is 5.73 Å². The number of nitrogens with zero attached hydrogens (tertiary/aromatic N) is 2. The zero-order chi connectivity index (χ0) is 14.8. The molecule has 0 spiro atoms. The average Bonchev–Trinajstić information content (AvgIpc) is 2.47. The molecule has 5 nitrogen and oxygen atoms in total. The van der Waals surface area contributed by atoms with Crippen molar-refractivity contribution >= 4 is 32.9 Å². The number of para-hydroxylation sites is 1. The van der Waals surface area contributed by atoms with Crippen LogP contribution in [0, 0.1) is 0 Å². The normalized spacial score (nSPS) is 11.1. The summed E-state index contributed by atoms with van der Waals surface area (Å²) in [7, 11) is -2.29. The van der Waals surface area contributed by atoms with Gasteiger partial charge in [-0.3, -0.25) is 9.29 Å². The number of hydrogen-bond acceptors (Lipinski definition) is 4. The third-order valence-corrected chi connectivity index (χ3v) is 4.77. The largest absolute Gasteiger partial charge is 0.388 e. The number of thiocarbonyl (C=S) groups is 1. The maximum Gasteiger partial charge on any atom is 0.266 e. The van der Waals surface area contributed by atoms with Crippen LogP contribution in [0.15, 0.2) is 53.6 Å². The van der Waals surface area contributed by atoms with Crippen molar-refractivity contribution in [1.29, 1.82) is 0 Å². The molecule has 0 atom stereocenters. The molecule has 1 aromatic heterocycles. The number of anilines is 1. The van der Waals surface area contributed by atoms with Crippen LogP contribution in [0.2, 0.25) is 0 Å². The molecule has 104 valence electrons. The van der Waals surface area contributed by atoms with Crippen molar-refractivity contribution in [3.8, 4) is 0 Å². The lowest BCUT2D eigenvalue weighted by Crippen LogP contribution is -2.29. The van der Waals surface area contributed by atoms with Gasteiger partial charge in [0.25, 0.3) is 10.0 Å². The standard InChI is InChI=1S/C13H13N3O2S2/c1-16(10-6-3-2-4-7-10)20(17,18)11-8-5-9-15-12(11)13(14)19/h2-9H,1H3,(H2,14,19). The first kappa shape index (κ1) is 14.4. The first-order chi connectivity index (χ1) is 9.44. The fraction of sp³-hybridized carbons (Fsp3) is 0.0769. The lowest BCUT2D eigenvalue weighted by molar-refractivity contribution is 0.594. The van der Waals surface area contributed by atoms with Crippen LogP contribution in [0.5, 0.6) is 0 Å². The molecule has 7 heteroatoms. The number of hydrogen-bond donors (Lipinski definition) is 1. The summed E-state index contributed by atoms with van der Waals surface area (Å²) in [4.78, 5) is 3.90. The zero-order valence-electron chi connectivity index (χ0n) is 10.7. The van der Waals surface area contributed by atoms with Crippen LogP contribution in [0.1, 0.15) is 5.69 Å². The van der Waals surface area contributed by atoms with E-state index in [4.69, 9.17) is 18.0 Å². The minimum absolute atomic E-state index is 0.00106. The van der Waals surface area contributed by atoms with E-state index in [9.17, 15) is 8.42 Å². The summed E-state index contributed by atoms with van der Waals surface area (Å²) in [5, 5.41) is 0. The molecule has 0 saturated heterocycles. The highest BCUT2D eigenvalue weighted by Crippen LogP contribution is 2.23. The average molecular weight is 307 g/mol. The lowest BCUT2D eigenvalue weighted by Gasteiger charge is -2.20. The van der Waals surface area contributed by atoms with E-state index in [0.29, 0.717) is 5.69 Å². The quantitative estimate of drug-likeness (QED) is 0.867. The van der Waals surface area contributed by atoms with E-state index in [1.165, 1.54) is 29.7 Å². The van der Waals surface area contributed by atoms with Crippen molar-refractivity contribution in [3.05, 3.63) is 54.4 Å². The second kappa shape index (κ2) is 5.56. The van der Waals surface area contributed by atoms with Gasteiger partial charge in [0.05, 0.1) is 5.69 Å². The second-order valence-electron chi connectivity index (χ2n) is 4.02. The van der Waals surface area contributed by atoms with Crippen LogP contribution < -0.4 is 10.0 Å². The van der Waals surface area contributed by atoms with Crippen molar-refractivity contribution in [1.82, 2.24) is 4.98 Å². The Kier molecular flexibility index (Phi) is 4.01. The van der Waals surface area contributed by atoms with E-state index in [2.05, 4.69) is 4.98 Å². The van der Waals surface area contributed by atoms with Crippen LogP contribution in [0.25, 0.3) is 0 Å². The summed E-state index contributed by atoms with van der Waals surface area (Å²) in [5.74, 6) is 0. The Morgan fingerprint density at radius 3 is 2.45 bits per heavy atom. The van der Waals surface area contributed by atoms with Gasteiger partial charge in [-0.1, -0.05) is 30.4 Å². The van der Waals surface area contributed by atoms with E-state index < -0.39 is 10.0 Å². The third kappa shape index (κ3) is 2.63. The van der Waals surface area contributed by atoms with Crippen molar-refractivity contribution in [2.75, 3.05) is 11.4 Å². The topological polar surface area (TPSA) is 76.3 Å². The number of aromatic nitrogens is 1. The molecule has 1 heterocycles. The van der Waals surface area contributed by atoms with Crippen LogP contribution in [-0.2, 0) is 10.0 Å². The van der Waals surface area contributed by atoms with Crippen LogP contribution >= 0.6 is 12.2 Å².